The van der Waals surface area contributed by atoms with Crippen molar-refractivity contribution in [3.05, 3.63) is 17.3 Å². The number of nitrogens with zero attached hydrogens (tertiary/aromatic N) is 2. The Bertz CT molecular complexity index is 530. The number of amides is 1. The number of aromatic nitrogens is 1. The van der Waals surface area contributed by atoms with Crippen LogP contribution >= 0.6 is 0 Å². The highest BCUT2D eigenvalue weighted by Crippen LogP contribution is 2.29. The highest BCUT2D eigenvalue weighted by molar-refractivity contribution is 5.99. The molecule has 4 N–H and O–H groups in total. The molecule has 7 heteroatoms. The molecule has 2 rings (SSSR count). The van der Waals surface area contributed by atoms with Crippen molar-refractivity contribution in [1.29, 1.82) is 0 Å². The fourth-order valence-corrected chi connectivity index (χ4v) is 2.71. The van der Waals surface area contributed by atoms with Crippen molar-refractivity contribution >= 4 is 11.7 Å². The first-order valence-electron chi connectivity index (χ1n) is 6.73. The summed E-state index contributed by atoms with van der Waals surface area (Å²) in [7, 11) is 0. The number of carbonyl (C=O) groups is 1. The van der Waals surface area contributed by atoms with E-state index in [2.05, 4.69) is 15.5 Å². The van der Waals surface area contributed by atoms with Gasteiger partial charge in [-0.2, -0.15) is 0 Å². The minimum Gasteiger partial charge on any atom is -0.436 e. The first-order chi connectivity index (χ1) is 9.48. The number of hydrogen-bond acceptors (Lipinski definition) is 5. The maximum atomic E-state index is 12.3. The van der Waals surface area contributed by atoms with Crippen LogP contribution in [0.1, 0.15) is 54.2 Å². The van der Waals surface area contributed by atoms with Gasteiger partial charge >= 0.3 is 0 Å². The number of rotatable bonds is 3. The lowest BCUT2D eigenvalue weighted by Gasteiger charge is -2.36. The van der Waals surface area contributed by atoms with E-state index in [9.17, 15) is 4.79 Å². The molecule has 110 valence electrons. The molecular weight excluding hydrogens is 260 g/mol. The van der Waals surface area contributed by atoms with E-state index in [-0.39, 0.29) is 17.5 Å². The third-order valence-electron chi connectivity index (χ3n) is 3.77. The second kappa shape index (κ2) is 5.52. The van der Waals surface area contributed by atoms with Crippen LogP contribution in [0.2, 0.25) is 0 Å². The molecule has 0 spiro atoms. The van der Waals surface area contributed by atoms with Crippen molar-refractivity contribution in [2.75, 3.05) is 0 Å². The van der Waals surface area contributed by atoms with E-state index in [1.807, 2.05) is 0 Å². The van der Waals surface area contributed by atoms with Gasteiger partial charge in [-0.15, -0.1) is 0 Å². The number of oxazole rings is 1. The second-order valence-electron chi connectivity index (χ2n) is 5.23. The van der Waals surface area contributed by atoms with Crippen LogP contribution in [0.25, 0.3) is 0 Å². The molecule has 1 aromatic heterocycles. The van der Waals surface area contributed by atoms with Crippen molar-refractivity contribution < 1.29 is 14.4 Å². The summed E-state index contributed by atoms with van der Waals surface area (Å²) in [6.07, 6.45) is 4.23. The Kier molecular flexibility index (Phi) is 3.96. The molecule has 1 aromatic rings. The topological polar surface area (TPSA) is 114 Å². The molecule has 1 amide bonds. The summed E-state index contributed by atoms with van der Waals surface area (Å²) in [5.41, 5.74) is 5.53. The zero-order chi connectivity index (χ0) is 14.8. The van der Waals surface area contributed by atoms with Crippen molar-refractivity contribution in [3.8, 4) is 0 Å². The van der Waals surface area contributed by atoms with Crippen LogP contribution in [0, 0.1) is 13.8 Å². The van der Waals surface area contributed by atoms with Crippen molar-refractivity contribution in [1.82, 2.24) is 10.3 Å². The Morgan fingerprint density at radius 2 is 2.05 bits per heavy atom. The summed E-state index contributed by atoms with van der Waals surface area (Å²) < 4.78 is 5.31. The average Bonchev–Trinajstić information content (AvgIpc) is 2.78. The van der Waals surface area contributed by atoms with E-state index in [0.29, 0.717) is 24.4 Å². The molecule has 1 fully saturated rings. The Morgan fingerprint density at radius 1 is 1.40 bits per heavy atom. The molecule has 0 unspecified atom stereocenters. The van der Waals surface area contributed by atoms with Crippen molar-refractivity contribution in [3.63, 3.8) is 0 Å². The third-order valence-corrected chi connectivity index (χ3v) is 3.77. The predicted molar refractivity (Wildman–Crippen MR) is 72.7 cm³/mol. The van der Waals surface area contributed by atoms with Crippen LogP contribution in [0.3, 0.4) is 0 Å². The zero-order valence-corrected chi connectivity index (χ0v) is 11.8. The zero-order valence-electron chi connectivity index (χ0n) is 11.8. The largest absolute Gasteiger partial charge is 0.436 e. The summed E-state index contributed by atoms with van der Waals surface area (Å²) in [5.74, 6) is 0.281. The molecule has 0 radical (unpaired) electrons. The predicted octanol–water partition coefficient (Wildman–Crippen LogP) is 1.47. The van der Waals surface area contributed by atoms with Gasteiger partial charge < -0.3 is 20.7 Å². The first kappa shape index (κ1) is 14.4. The first-order valence-corrected chi connectivity index (χ1v) is 6.73. The van der Waals surface area contributed by atoms with Gasteiger partial charge in [-0.05, 0) is 19.8 Å². The van der Waals surface area contributed by atoms with Crippen LogP contribution in [-0.2, 0) is 0 Å². The van der Waals surface area contributed by atoms with E-state index in [0.717, 1.165) is 19.3 Å². The van der Waals surface area contributed by atoms with Crippen LogP contribution < -0.4 is 11.1 Å². The summed E-state index contributed by atoms with van der Waals surface area (Å²) in [5, 5.41) is 14.9. The highest BCUT2D eigenvalue weighted by Gasteiger charge is 2.39. The van der Waals surface area contributed by atoms with Crippen LogP contribution in [-0.4, -0.2) is 27.5 Å². The summed E-state index contributed by atoms with van der Waals surface area (Å²) >= 11 is 0. The molecule has 1 saturated carbocycles. The SMILES string of the molecule is Cc1nc(C)c(C(=O)NC2(C(N)=NO)CCCCC2)o1. The van der Waals surface area contributed by atoms with Crippen LogP contribution in [0.5, 0.6) is 0 Å². The van der Waals surface area contributed by atoms with Gasteiger partial charge in [-0.25, -0.2) is 4.98 Å². The number of oxime groups is 1. The molecule has 0 saturated heterocycles. The number of nitrogens with one attached hydrogen (secondary N) is 1. The quantitative estimate of drug-likeness (QED) is 0.336. The number of hydrogen-bond donors (Lipinski definition) is 3. The normalized spacial score (nSPS) is 18.8. The molecule has 7 nitrogen and oxygen atoms in total. The molecule has 0 aliphatic heterocycles. The Hall–Kier alpha value is -2.05. The molecule has 0 atom stereocenters. The van der Waals surface area contributed by atoms with Crippen LogP contribution in [0.15, 0.2) is 9.57 Å². The average molecular weight is 280 g/mol. The highest BCUT2D eigenvalue weighted by atomic mass is 16.4. The van der Waals surface area contributed by atoms with E-state index in [4.69, 9.17) is 15.4 Å². The standard InChI is InChI=1S/C13H20N4O3/c1-8-10(20-9(2)15-8)11(18)16-13(12(14)17-19)6-4-3-5-7-13/h19H,3-7H2,1-2H3,(H2,14,17)(H,16,18). The Morgan fingerprint density at radius 3 is 2.55 bits per heavy atom. The van der Waals surface area contributed by atoms with E-state index in [1.165, 1.54) is 0 Å². The van der Waals surface area contributed by atoms with Gasteiger partial charge in [0.2, 0.25) is 5.76 Å². The molecular formula is C13H20N4O3. The molecule has 1 aliphatic carbocycles. The lowest BCUT2D eigenvalue weighted by Crippen LogP contribution is -2.58. The maximum Gasteiger partial charge on any atom is 0.289 e. The molecule has 20 heavy (non-hydrogen) atoms. The number of amidine groups is 1. The number of carbonyl (C=O) groups excluding carboxylic acids is 1. The third kappa shape index (κ3) is 2.61. The van der Waals surface area contributed by atoms with Crippen molar-refractivity contribution in [2.45, 2.75) is 51.5 Å². The smallest absolute Gasteiger partial charge is 0.289 e. The van der Waals surface area contributed by atoms with Gasteiger partial charge in [0.25, 0.3) is 5.91 Å². The Labute approximate surface area is 117 Å². The van der Waals surface area contributed by atoms with Crippen LogP contribution in [0.4, 0.5) is 0 Å². The van der Waals surface area contributed by atoms with Crippen molar-refractivity contribution in [2.24, 2.45) is 10.9 Å². The monoisotopic (exact) mass is 280 g/mol. The lowest BCUT2D eigenvalue weighted by atomic mass is 9.80. The van der Waals surface area contributed by atoms with Gasteiger partial charge in [-0.1, -0.05) is 24.4 Å². The van der Waals surface area contributed by atoms with E-state index in [1.54, 1.807) is 13.8 Å². The molecule has 0 aromatic carbocycles. The minimum atomic E-state index is -0.794. The van der Waals surface area contributed by atoms with Gasteiger partial charge in [-0.3, -0.25) is 4.79 Å². The van der Waals surface area contributed by atoms with Gasteiger partial charge in [0.1, 0.15) is 5.54 Å². The van der Waals surface area contributed by atoms with E-state index >= 15 is 0 Å². The fourth-order valence-electron chi connectivity index (χ4n) is 2.71. The molecule has 1 aliphatic rings. The van der Waals surface area contributed by atoms with E-state index < -0.39 is 5.54 Å². The number of nitrogens with two attached hydrogens (primary N) is 1. The fraction of sp³-hybridized carbons (Fsp3) is 0.615. The summed E-state index contributed by atoms with van der Waals surface area (Å²) in [6.45, 7) is 3.39. The minimum absolute atomic E-state index is 0.0411. The van der Waals surface area contributed by atoms with Gasteiger partial charge in [0, 0.05) is 6.92 Å². The Balaban J connectivity index is 2.24. The molecule has 1 heterocycles. The molecule has 0 bridgehead atoms. The second-order valence-corrected chi connectivity index (χ2v) is 5.23. The summed E-state index contributed by atoms with van der Waals surface area (Å²) in [4.78, 5) is 16.4. The number of aryl methyl sites for hydroxylation is 2. The van der Waals surface area contributed by atoms with Gasteiger partial charge in [0.05, 0.1) is 5.69 Å². The summed E-state index contributed by atoms with van der Waals surface area (Å²) in [6, 6.07) is 0. The maximum absolute atomic E-state index is 12.3. The lowest BCUT2D eigenvalue weighted by molar-refractivity contribution is 0.0875. The van der Waals surface area contributed by atoms with Gasteiger partial charge in [0.15, 0.2) is 11.7 Å².